The van der Waals surface area contributed by atoms with E-state index in [0.717, 1.165) is 18.4 Å². The van der Waals surface area contributed by atoms with Gasteiger partial charge in [-0.2, -0.15) is 0 Å². The summed E-state index contributed by atoms with van der Waals surface area (Å²) < 4.78 is 5.60. The van der Waals surface area contributed by atoms with Gasteiger partial charge in [0.1, 0.15) is 5.58 Å². The molecule has 1 aliphatic heterocycles. The summed E-state index contributed by atoms with van der Waals surface area (Å²) in [5.74, 6) is 0.516. The van der Waals surface area contributed by atoms with Gasteiger partial charge in [0.05, 0.1) is 0 Å². The number of piperidine rings is 1. The molecule has 4 heteroatoms. The Morgan fingerprint density at radius 2 is 2.25 bits per heavy atom. The third-order valence-electron chi connectivity index (χ3n) is 3.89. The van der Waals surface area contributed by atoms with Gasteiger partial charge in [-0.3, -0.25) is 4.79 Å². The standard InChI is InChI=1S/C16H18ClNO2/c17-12-4-7-15-11(9-12)10-16(20-15)14(19)6-5-13-3-1-2-8-18-13/h4,7,9-10,13,18H,1-3,5-6,8H2. The predicted molar refractivity (Wildman–Crippen MR) is 80.4 cm³/mol. The first-order valence-corrected chi connectivity index (χ1v) is 7.56. The zero-order chi connectivity index (χ0) is 13.9. The van der Waals surface area contributed by atoms with Crippen molar-refractivity contribution in [3.63, 3.8) is 0 Å². The number of carbonyl (C=O) groups excluding carboxylic acids is 1. The first-order valence-electron chi connectivity index (χ1n) is 7.18. The number of furan rings is 1. The molecule has 0 radical (unpaired) electrons. The largest absolute Gasteiger partial charge is 0.453 e. The van der Waals surface area contributed by atoms with Crippen molar-refractivity contribution in [2.75, 3.05) is 6.54 Å². The third-order valence-corrected chi connectivity index (χ3v) is 4.12. The van der Waals surface area contributed by atoms with E-state index in [1.165, 1.54) is 19.3 Å². The summed E-state index contributed by atoms with van der Waals surface area (Å²) in [6.45, 7) is 1.07. The van der Waals surface area contributed by atoms with E-state index in [9.17, 15) is 4.79 Å². The van der Waals surface area contributed by atoms with Crippen LogP contribution in [0.2, 0.25) is 5.02 Å². The van der Waals surface area contributed by atoms with Gasteiger partial charge in [-0.1, -0.05) is 18.0 Å². The van der Waals surface area contributed by atoms with Crippen LogP contribution in [0.25, 0.3) is 11.0 Å². The average Bonchev–Trinajstić information content (AvgIpc) is 2.89. The van der Waals surface area contributed by atoms with Crippen LogP contribution >= 0.6 is 11.6 Å². The van der Waals surface area contributed by atoms with Crippen molar-refractivity contribution in [2.24, 2.45) is 0 Å². The lowest BCUT2D eigenvalue weighted by Gasteiger charge is -2.22. The van der Waals surface area contributed by atoms with E-state index in [0.29, 0.717) is 28.8 Å². The highest BCUT2D eigenvalue weighted by atomic mass is 35.5. The van der Waals surface area contributed by atoms with Gasteiger partial charge < -0.3 is 9.73 Å². The van der Waals surface area contributed by atoms with E-state index in [2.05, 4.69) is 5.32 Å². The van der Waals surface area contributed by atoms with E-state index < -0.39 is 0 Å². The minimum atomic E-state index is 0.0738. The van der Waals surface area contributed by atoms with Gasteiger partial charge in [0.2, 0.25) is 0 Å². The molecule has 1 unspecified atom stereocenters. The van der Waals surface area contributed by atoms with Crippen molar-refractivity contribution < 1.29 is 9.21 Å². The number of halogens is 1. The number of hydrogen-bond acceptors (Lipinski definition) is 3. The van der Waals surface area contributed by atoms with Crippen molar-refractivity contribution in [3.05, 3.63) is 35.0 Å². The number of rotatable bonds is 4. The molecule has 0 aliphatic carbocycles. The zero-order valence-corrected chi connectivity index (χ0v) is 12.1. The number of benzene rings is 1. The van der Waals surface area contributed by atoms with Gasteiger partial charge in [-0.15, -0.1) is 0 Å². The van der Waals surface area contributed by atoms with E-state index >= 15 is 0 Å². The van der Waals surface area contributed by atoms with Gasteiger partial charge in [-0.05, 0) is 50.1 Å². The van der Waals surface area contributed by atoms with Crippen LogP contribution in [0.4, 0.5) is 0 Å². The number of Topliss-reactive ketones (excluding diaryl/α,β-unsaturated/α-hetero) is 1. The molecule has 2 heterocycles. The molecule has 106 valence electrons. The lowest BCUT2D eigenvalue weighted by molar-refractivity contribution is 0.0949. The topological polar surface area (TPSA) is 42.2 Å². The molecule has 1 aromatic heterocycles. The number of carbonyl (C=O) groups is 1. The van der Waals surface area contributed by atoms with Gasteiger partial charge >= 0.3 is 0 Å². The second-order valence-electron chi connectivity index (χ2n) is 5.40. The van der Waals surface area contributed by atoms with E-state index in [4.69, 9.17) is 16.0 Å². The SMILES string of the molecule is O=C(CCC1CCCCN1)c1cc2cc(Cl)ccc2o1. The first kappa shape index (κ1) is 13.7. The highest BCUT2D eigenvalue weighted by Gasteiger charge is 2.17. The number of hydrogen-bond donors (Lipinski definition) is 1. The summed E-state index contributed by atoms with van der Waals surface area (Å²) >= 11 is 5.94. The highest BCUT2D eigenvalue weighted by Crippen LogP contribution is 2.24. The molecule has 3 nitrogen and oxygen atoms in total. The molecule has 0 saturated carbocycles. The Bertz CT molecular complexity index is 614. The lowest BCUT2D eigenvalue weighted by atomic mass is 9.99. The second kappa shape index (κ2) is 5.98. The van der Waals surface area contributed by atoms with Crippen LogP contribution in [0.15, 0.2) is 28.7 Å². The Morgan fingerprint density at radius 1 is 1.35 bits per heavy atom. The van der Waals surface area contributed by atoms with Crippen molar-refractivity contribution in [2.45, 2.75) is 38.1 Å². The molecule has 1 aromatic carbocycles. The molecule has 0 bridgehead atoms. The van der Waals surface area contributed by atoms with Crippen molar-refractivity contribution in [1.82, 2.24) is 5.32 Å². The average molecular weight is 292 g/mol. The second-order valence-corrected chi connectivity index (χ2v) is 5.84. The first-order chi connectivity index (χ1) is 9.72. The summed E-state index contributed by atoms with van der Waals surface area (Å²) in [6, 6.07) is 7.66. The molecule has 1 atom stereocenters. The van der Waals surface area contributed by atoms with Crippen LogP contribution in [0, 0.1) is 0 Å². The molecule has 0 spiro atoms. The Morgan fingerprint density at radius 3 is 3.05 bits per heavy atom. The molecular weight excluding hydrogens is 274 g/mol. The lowest BCUT2D eigenvalue weighted by Crippen LogP contribution is -2.34. The van der Waals surface area contributed by atoms with Crippen LogP contribution < -0.4 is 5.32 Å². The summed E-state index contributed by atoms with van der Waals surface area (Å²) in [5.41, 5.74) is 0.716. The molecule has 1 aliphatic rings. The van der Waals surface area contributed by atoms with Crippen LogP contribution in [0.3, 0.4) is 0 Å². The summed E-state index contributed by atoms with van der Waals surface area (Å²) in [7, 11) is 0. The van der Waals surface area contributed by atoms with Gasteiger partial charge in [0.15, 0.2) is 11.5 Å². The molecular formula is C16H18ClNO2. The van der Waals surface area contributed by atoms with Crippen LogP contribution in [-0.2, 0) is 0 Å². The molecule has 2 aromatic rings. The minimum absolute atomic E-state index is 0.0738. The predicted octanol–water partition coefficient (Wildman–Crippen LogP) is 4.19. The Kier molecular flexibility index (Phi) is 4.08. The van der Waals surface area contributed by atoms with Gasteiger partial charge in [0, 0.05) is 22.9 Å². The maximum absolute atomic E-state index is 12.2. The number of fused-ring (bicyclic) bond motifs is 1. The molecule has 1 fully saturated rings. The Hall–Kier alpha value is -1.32. The summed E-state index contributed by atoms with van der Waals surface area (Å²) in [6.07, 6.45) is 5.09. The van der Waals surface area contributed by atoms with E-state index in [-0.39, 0.29) is 5.78 Å². The monoisotopic (exact) mass is 291 g/mol. The maximum atomic E-state index is 12.2. The molecule has 1 N–H and O–H groups in total. The van der Waals surface area contributed by atoms with Crippen LogP contribution in [0.5, 0.6) is 0 Å². The molecule has 3 rings (SSSR count). The van der Waals surface area contributed by atoms with E-state index in [1.54, 1.807) is 18.2 Å². The number of ketones is 1. The fraction of sp³-hybridized carbons (Fsp3) is 0.438. The fourth-order valence-electron chi connectivity index (χ4n) is 2.75. The Balaban J connectivity index is 1.65. The van der Waals surface area contributed by atoms with Crippen molar-refractivity contribution >= 4 is 28.4 Å². The van der Waals surface area contributed by atoms with E-state index in [1.807, 2.05) is 6.07 Å². The molecule has 20 heavy (non-hydrogen) atoms. The van der Waals surface area contributed by atoms with Crippen LogP contribution in [-0.4, -0.2) is 18.4 Å². The third kappa shape index (κ3) is 3.05. The van der Waals surface area contributed by atoms with Crippen molar-refractivity contribution in [1.29, 1.82) is 0 Å². The van der Waals surface area contributed by atoms with Gasteiger partial charge in [0.25, 0.3) is 0 Å². The summed E-state index contributed by atoms with van der Waals surface area (Å²) in [4.78, 5) is 12.2. The quantitative estimate of drug-likeness (QED) is 0.859. The minimum Gasteiger partial charge on any atom is -0.453 e. The normalized spacial score (nSPS) is 19.4. The smallest absolute Gasteiger partial charge is 0.198 e. The number of nitrogens with one attached hydrogen (secondary N) is 1. The molecule has 0 amide bonds. The molecule has 1 saturated heterocycles. The summed E-state index contributed by atoms with van der Waals surface area (Å²) in [5, 5.41) is 5.00. The highest BCUT2D eigenvalue weighted by molar-refractivity contribution is 6.31. The maximum Gasteiger partial charge on any atom is 0.198 e. The van der Waals surface area contributed by atoms with Crippen LogP contribution in [0.1, 0.15) is 42.7 Å². The fourth-order valence-corrected chi connectivity index (χ4v) is 2.93. The van der Waals surface area contributed by atoms with Crippen molar-refractivity contribution in [3.8, 4) is 0 Å². The van der Waals surface area contributed by atoms with Gasteiger partial charge in [-0.25, -0.2) is 0 Å². The zero-order valence-electron chi connectivity index (χ0n) is 11.3. The Labute approximate surface area is 123 Å².